The van der Waals surface area contributed by atoms with Gasteiger partial charge in [0, 0.05) is 32.1 Å². The van der Waals surface area contributed by atoms with Gasteiger partial charge in [-0.1, -0.05) is 0 Å². The van der Waals surface area contributed by atoms with Gasteiger partial charge in [-0.25, -0.2) is 9.78 Å². The van der Waals surface area contributed by atoms with Gasteiger partial charge < -0.3 is 14.4 Å². The third-order valence-electron chi connectivity index (χ3n) is 2.73. The molecule has 0 aliphatic heterocycles. The molecule has 0 saturated carbocycles. The maximum absolute atomic E-state index is 11.6. The summed E-state index contributed by atoms with van der Waals surface area (Å²) in [7, 11) is 0. The second-order valence-corrected chi connectivity index (χ2v) is 5.28. The molecule has 7 heteroatoms. The number of esters is 1. The Bertz CT molecular complexity index is 462. The number of carbonyl (C=O) groups excluding carboxylic acids is 2. The van der Waals surface area contributed by atoms with Crippen LogP contribution in [-0.4, -0.2) is 48.1 Å². The Morgan fingerprint density at radius 3 is 2.71 bits per heavy atom. The SMILES string of the molecule is CCOCCCN(Cc1nc(C(=O)OCC)cs1)C(C)=O. The van der Waals surface area contributed by atoms with Crippen LogP contribution in [0.15, 0.2) is 5.38 Å². The molecule has 0 spiro atoms. The summed E-state index contributed by atoms with van der Waals surface area (Å²) in [6, 6.07) is 0. The van der Waals surface area contributed by atoms with Crippen molar-refractivity contribution in [2.45, 2.75) is 33.7 Å². The smallest absolute Gasteiger partial charge is 0.357 e. The highest BCUT2D eigenvalue weighted by Crippen LogP contribution is 2.14. The minimum atomic E-state index is -0.425. The van der Waals surface area contributed by atoms with Gasteiger partial charge in [-0.15, -0.1) is 11.3 Å². The summed E-state index contributed by atoms with van der Waals surface area (Å²) < 4.78 is 10.2. The topological polar surface area (TPSA) is 68.7 Å². The van der Waals surface area contributed by atoms with Crippen LogP contribution in [-0.2, 0) is 20.8 Å². The Morgan fingerprint density at radius 1 is 1.33 bits per heavy atom. The van der Waals surface area contributed by atoms with Gasteiger partial charge in [-0.3, -0.25) is 4.79 Å². The van der Waals surface area contributed by atoms with Gasteiger partial charge >= 0.3 is 5.97 Å². The molecule has 1 heterocycles. The molecule has 0 aliphatic rings. The zero-order valence-electron chi connectivity index (χ0n) is 12.8. The molecule has 21 heavy (non-hydrogen) atoms. The second-order valence-electron chi connectivity index (χ2n) is 4.34. The molecular formula is C14H22N2O4S. The number of nitrogens with zero attached hydrogens (tertiary/aromatic N) is 2. The van der Waals surface area contributed by atoms with Gasteiger partial charge in [0.25, 0.3) is 0 Å². The molecule has 0 bridgehead atoms. The first kappa shape index (κ1) is 17.6. The minimum Gasteiger partial charge on any atom is -0.461 e. The van der Waals surface area contributed by atoms with Crippen LogP contribution in [0, 0.1) is 0 Å². The number of carbonyl (C=O) groups is 2. The minimum absolute atomic E-state index is 0.0145. The molecule has 118 valence electrons. The number of aromatic nitrogens is 1. The van der Waals surface area contributed by atoms with E-state index in [1.165, 1.54) is 18.3 Å². The predicted molar refractivity (Wildman–Crippen MR) is 80.3 cm³/mol. The van der Waals surface area contributed by atoms with Crippen molar-refractivity contribution in [3.05, 3.63) is 16.1 Å². The normalized spacial score (nSPS) is 10.4. The molecule has 0 N–H and O–H groups in total. The molecule has 0 aliphatic carbocycles. The summed E-state index contributed by atoms with van der Waals surface area (Å²) in [4.78, 5) is 29.1. The summed E-state index contributed by atoms with van der Waals surface area (Å²) in [5, 5.41) is 2.39. The van der Waals surface area contributed by atoms with Gasteiger partial charge in [0.05, 0.1) is 13.2 Å². The Morgan fingerprint density at radius 2 is 2.10 bits per heavy atom. The van der Waals surface area contributed by atoms with Crippen molar-refractivity contribution in [1.29, 1.82) is 0 Å². The fourth-order valence-electron chi connectivity index (χ4n) is 1.70. The zero-order valence-corrected chi connectivity index (χ0v) is 13.6. The van der Waals surface area contributed by atoms with Gasteiger partial charge in [0.2, 0.25) is 5.91 Å². The van der Waals surface area contributed by atoms with Crippen molar-refractivity contribution < 1.29 is 19.1 Å². The van der Waals surface area contributed by atoms with E-state index in [0.29, 0.717) is 38.6 Å². The van der Waals surface area contributed by atoms with Crippen molar-refractivity contribution in [2.75, 3.05) is 26.4 Å². The first-order valence-electron chi connectivity index (χ1n) is 7.03. The van der Waals surface area contributed by atoms with E-state index in [0.717, 1.165) is 11.4 Å². The number of hydrogen-bond donors (Lipinski definition) is 0. The van der Waals surface area contributed by atoms with Crippen LogP contribution in [0.25, 0.3) is 0 Å². The molecule has 1 amide bonds. The van der Waals surface area contributed by atoms with Crippen LogP contribution in [0.3, 0.4) is 0 Å². The number of rotatable bonds is 9. The largest absolute Gasteiger partial charge is 0.461 e. The average molecular weight is 314 g/mol. The molecule has 0 unspecified atom stereocenters. The molecule has 0 fully saturated rings. The Balaban J connectivity index is 2.55. The maximum atomic E-state index is 11.6. The monoisotopic (exact) mass is 314 g/mol. The summed E-state index contributed by atoms with van der Waals surface area (Å²) in [6.45, 7) is 7.87. The first-order valence-corrected chi connectivity index (χ1v) is 7.91. The van der Waals surface area contributed by atoms with E-state index in [9.17, 15) is 9.59 Å². The Kier molecular flexibility index (Phi) is 7.92. The highest BCUT2D eigenvalue weighted by molar-refractivity contribution is 7.09. The van der Waals surface area contributed by atoms with Crippen LogP contribution in [0.1, 0.15) is 42.7 Å². The van der Waals surface area contributed by atoms with Crippen LogP contribution >= 0.6 is 11.3 Å². The maximum Gasteiger partial charge on any atom is 0.357 e. The lowest BCUT2D eigenvalue weighted by Gasteiger charge is -2.19. The Hall–Kier alpha value is -1.47. The number of ether oxygens (including phenoxy) is 2. The third kappa shape index (κ3) is 6.22. The van der Waals surface area contributed by atoms with E-state index in [1.807, 2.05) is 6.92 Å². The number of hydrogen-bond acceptors (Lipinski definition) is 6. The van der Waals surface area contributed by atoms with E-state index in [4.69, 9.17) is 9.47 Å². The van der Waals surface area contributed by atoms with Crippen LogP contribution in [0.5, 0.6) is 0 Å². The van der Waals surface area contributed by atoms with E-state index >= 15 is 0 Å². The van der Waals surface area contributed by atoms with E-state index in [2.05, 4.69) is 4.98 Å². The standard InChI is InChI=1S/C14H22N2O4S/c1-4-19-8-6-7-16(11(3)17)9-13-15-12(10-21-13)14(18)20-5-2/h10H,4-9H2,1-3H3. The average Bonchev–Trinajstić information content (AvgIpc) is 2.91. The summed E-state index contributed by atoms with van der Waals surface area (Å²) >= 11 is 1.36. The van der Waals surface area contributed by atoms with Crippen LogP contribution in [0.4, 0.5) is 0 Å². The molecular weight excluding hydrogens is 292 g/mol. The fraction of sp³-hybridized carbons (Fsp3) is 0.643. The summed E-state index contributed by atoms with van der Waals surface area (Å²) in [6.07, 6.45) is 0.781. The Labute approximate surface area is 129 Å². The van der Waals surface area contributed by atoms with Crippen LogP contribution in [0.2, 0.25) is 0 Å². The van der Waals surface area contributed by atoms with Crippen molar-refractivity contribution >= 4 is 23.2 Å². The molecule has 6 nitrogen and oxygen atoms in total. The molecule has 0 aromatic carbocycles. The predicted octanol–water partition coefficient (Wildman–Crippen LogP) is 2.09. The second kappa shape index (κ2) is 9.46. The molecule has 0 saturated heterocycles. The van der Waals surface area contributed by atoms with Crippen LogP contribution < -0.4 is 0 Å². The van der Waals surface area contributed by atoms with E-state index in [1.54, 1.807) is 17.2 Å². The zero-order chi connectivity index (χ0) is 15.7. The van der Waals surface area contributed by atoms with E-state index < -0.39 is 5.97 Å². The van der Waals surface area contributed by atoms with Crippen molar-refractivity contribution in [2.24, 2.45) is 0 Å². The molecule has 0 atom stereocenters. The lowest BCUT2D eigenvalue weighted by atomic mass is 10.3. The molecule has 1 aromatic heterocycles. The lowest BCUT2D eigenvalue weighted by molar-refractivity contribution is -0.129. The van der Waals surface area contributed by atoms with Gasteiger partial charge in [0.15, 0.2) is 5.69 Å². The number of amides is 1. The molecule has 1 aromatic rings. The van der Waals surface area contributed by atoms with Gasteiger partial charge in [0.1, 0.15) is 5.01 Å². The highest BCUT2D eigenvalue weighted by atomic mass is 32.1. The fourth-order valence-corrected chi connectivity index (χ4v) is 2.47. The van der Waals surface area contributed by atoms with Crippen molar-refractivity contribution in [3.63, 3.8) is 0 Å². The molecule has 1 rings (SSSR count). The summed E-state index contributed by atoms with van der Waals surface area (Å²) in [5.74, 6) is -0.440. The van der Waals surface area contributed by atoms with Crippen molar-refractivity contribution in [1.82, 2.24) is 9.88 Å². The third-order valence-corrected chi connectivity index (χ3v) is 3.56. The summed E-state index contributed by atoms with van der Waals surface area (Å²) in [5.41, 5.74) is 0.301. The van der Waals surface area contributed by atoms with E-state index in [-0.39, 0.29) is 5.91 Å². The first-order chi connectivity index (χ1) is 10.1. The number of thiazole rings is 1. The quantitative estimate of drug-likeness (QED) is 0.516. The molecule has 0 radical (unpaired) electrons. The van der Waals surface area contributed by atoms with Crippen molar-refractivity contribution in [3.8, 4) is 0 Å². The highest BCUT2D eigenvalue weighted by Gasteiger charge is 2.15. The van der Waals surface area contributed by atoms with Gasteiger partial charge in [-0.2, -0.15) is 0 Å². The lowest BCUT2D eigenvalue weighted by Crippen LogP contribution is -2.30. The van der Waals surface area contributed by atoms with Gasteiger partial charge in [-0.05, 0) is 20.3 Å².